The van der Waals surface area contributed by atoms with Crippen LogP contribution in [-0.2, 0) is 13.5 Å². The highest BCUT2D eigenvalue weighted by atomic mass is 127. The van der Waals surface area contributed by atoms with E-state index in [1.54, 1.807) is 26.1 Å². The molecule has 2 aromatic rings. The Morgan fingerprint density at radius 2 is 2.00 bits per heavy atom. The quantitative estimate of drug-likeness (QED) is 0.397. The predicted molar refractivity (Wildman–Crippen MR) is 116 cm³/mol. The van der Waals surface area contributed by atoms with Gasteiger partial charge in [0, 0.05) is 26.3 Å². The molecule has 2 rings (SSSR count). The van der Waals surface area contributed by atoms with Crippen LogP contribution in [0.15, 0.2) is 23.2 Å². The van der Waals surface area contributed by atoms with Crippen molar-refractivity contribution in [1.82, 2.24) is 20.4 Å². The largest absolute Gasteiger partial charge is 0.356 e. The van der Waals surface area contributed by atoms with Gasteiger partial charge in [-0.15, -0.1) is 24.0 Å². The maximum Gasteiger partial charge on any atom is 0.191 e. The fourth-order valence-electron chi connectivity index (χ4n) is 2.85. The average molecular weight is 473 g/mol. The molecule has 0 saturated carbocycles. The molecule has 0 bridgehead atoms. The first-order valence-electron chi connectivity index (χ1n) is 8.55. The van der Waals surface area contributed by atoms with Gasteiger partial charge in [-0.3, -0.25) is 9.67 Å². The summed E-state index contributed by atoms with van der Waals surface area (Å²) in [5, 5.41) is 11.1. The molecule has 0 amide bonds. The van der Waals surface area contributed by atoms with Crippen molar-refractivity contribution in [2.75, 3.05) is 13.6 Å². The minimum absolute atomic E-state index is 0. The number of aryl methyl sites for hydroxylation is 3. The van der Waals surface area contributed by atoms with E-state index in [0.717, 1.165) is 24.2 Å². The number of halogens is 2. The lowest BCUT2D eigenvalue weighted by atomic mass is 10.1. The second-order valence-electron chi connectivity index (χ2n) is 6.40. The molecule has 26 heavy (non-hydrogen) atoms. The molecule has 1 aromatic carbocycles. The van der Waals surface area contributed by atoms with Gasteiger partial charge in [0.2, 0.25) is 0 Å². The van der Waals surface area contributed by atoms with Crippen molar-refractivity contribution in [1.29, 1.82) is 0 Å². The standard InChI is InChI=1S/C19H28FN5.HI/c1-12-7-8-16(11-18(12)20)13(2)23-19(21-5)22-10-9-17-14(3)24-25(6)15(17)4;/h7-8,11,13H,9-10H2,1-6H3,(H2,21,22,23);1H. The van der Waals surface area contributed by atoms with Crippen LogP contribution in [0.5, 0.6) is 0 Å². The molecule has 0 radical (unpaired) electrons. The number of aromatic nitrogens is 2. The van der Waals surface area contributed by atoms with E-state index in [-0.39, 0.29) is 35.8 Å². The van der Waals surface area contributed by atoms with Crippen molar-refractivity contribution in [3.8, 4) is 0 Å². The molecule has 0 saturated heterocycles. The maximum atomic E-state index is 13.7. The van der Waals surface area contributed by atoms with Crippen LogP contribution in [0.3, 0.4) is 0 Å². The van der Waals surface area contributed by atoms with E-state index in [1.807, 2.05) is 31.6 Å². The minimum Gasteiger partial charge on any atom is -0.356 e. The summed E-state index contributed by atoms with van der Waals surface area (Å²) in [4.78, 5) is 4.25. The van der Waals surface area contributed by atoms with E-state index in [9.17, 15) is 4.39 Å². The molecular formula is C19H29FIN5. The first-order valence-corrected chi connectivity index (χ1v) is 8.55. The molecule has 0 spiro atoms. The SMILES string of the molecule is CN=C(NCCc1c(C)nn(C)c1C)NC(C)c1ccc(C)c(F)c1.I. The summed E-state index contributed by atoms with van der Waals surface area (Å²) in [7, 11) is 3.69. The average Bonchev–Trinajstić information content (AvgIpc) is 2.82. The van der Waals surface area contributed by atoms with Crippen LogP contribution in [0.2, 0.25) is 0 Å². The zero-order chi connectivity index (χ0) is 18.6. The highest BCUT2D eigenvalue weighted by Gasteiger charge is 2.11. The minimum atomic E-state index is -0.184. The van der Waals surface area contributed by atoms with Gasteiger partial charge in [-0.25, -0.2) is 4.39 Å². The summed E-state index contributed by atoms with van der Waals surface area (Å²) in [6.45, 7) is 8.62. The third kappa shape index (κ3) is 5.43. The molecule has 2 N–H and O–H groups in total. The Kier molecular flexibility index (Phi) is 8.52. The van der Waals surface area contributed by atoms with Gasteiger partial charge in [-0.1, -0.05) is 12.1 Å². The first-order chi connectivity index (χ1) is 11.8. The summed E-state index contributed by atoms with van der Waals surface area (Å²) < 4.78 is 15.7. The van der Waals surface area contributed by atoms with Crippen LogP contribution in [-0.4, -0.2) is 29.3 Å². The zero-order valence-corrected chi connectivity index (χ0v) is 18.7. The van der Waals surface area contributed by atoms with Gasteiger partial charge < -0.3 is 10.6 Å². The Balaban J connectivity index is 0.00000338. The van der Waals surface area contributed by atoms with Gasteiger partial charge in [0.15, 0.2) is 5.96 Å². The van der Waals surface area contributed by atoms with Crippen LogP contribution in [0, 0.1) is 26.6 Å². The monoisotopic (exact) mass is 473 g/mol. The highest BCUT2D eigenvalue weighted by molar-refractivity contribution is 14.0. The number of hydrogen-bond acceptors (Lipinski definition) is 2. The molecule has 1 atom stereocenters. The van der Waals surface area contributed by atoms with Crippen LogP contribution >= 0.6 is 24.0 Å². The lowest BCUT2D eigenvalue weighted by Crippen LogP contribution is -2.39. The van der Waals surface area contributed by atoms with Gasteiger partial charge in [-0.05, 0) is 56.9 Å². The van der Waals surface area contributed by atoms with E-state index in [1.165, 1.54) is 11.3 Å². The number of nitrogens with one attached hydrogen (secondary N) is 2. The third-order valence-corrected chi connectivity index (χ3v) is 4.60. The van der Waals surface area contributed by atoms with Crippen LogP contribution in [0.4, 0.5) is 4.39 Å². The molecule has 7 heteroatoms. The molecule has 1 aromatic heterocycles. The number of nitrogens with zero attached hydrogens (tertiary/aromatic N) is 3. The number of aliphatic imine (C=N–C) groups is 1. The van der Waals surface area contributed by atoms with Crippen LogP contribution in [0.25, 0.3) is 0 Å². The summed E-state index contributed by atoms with van der Waals surface area (Å²) in [6.07, 6.45) is 0.875. The van der Waals surface area contributed by atoms with Crippen LogP contribution in [0.1, 0.15) is 41.0 Å². The van der Waals surface area contributed by atoms with Gasteiger partial charge in [-0.2, -0.15) is 5.10 Å². The van der Waals surface area contributed by atoms with Crippen molar-refractivity contribution in [2.24, 2.45) is 12.0 Å². The molecule has 0 aliphatic carbocycles. The lowest BCUT2D eigenvalue weighted by molar-refractivity contribution is 0.607. The number of hydrogen-bond donors (Lipinski definition) is 2. The van der Waals surface area contributed by atoms with Crippen LogP contribution < -0.4 is 10.6 Å². The molecule has 5 nitrogen and oxygen atoms in total. The van der Waals surface area contributed by atoms with Gasteiger partial charge in [0.05, 0.1) is 11.7 Å². The molecule has 0 aliphatic rings. The van der Waals surface area contributed by atoms with Crippen molar-refractivity contribution in [2.45, 2.75) is 40.2 Å². The third-order valence-electron chi connectivity index (χ3n) is 4.60. The Morgan fingerprint density at radius 3 is 2.54 bits per heavy atom. The Morgan fingerprint density at radius 1 is 1.31 bits per heavy atom. The molecule has 0 fully saturated rings. The highest BCUT2D eigenvalue weighted by Crippen LogP contribution is 2.16. The Hall–Kier alpha value is -1.64. The van der Waals surface area contributed by atoms with Crippen molar-refractivity contribution < 1.29 is 4.39 Å². The summed E-state index contributed by atoms with van der Waals surface area (Å²) >= 11 is 0. The zero-order valence-electron chi connectivity index (χ0n) is 16.4. The second-order valence-corrected chi connectivity index (χ2v) is 6.40. The smallest absolute Gasteiger partial charge is 0.191 e. The van der Waals surface area contributed by atoms with E-state index in [4.69, 9.17) is 0 Å². The van der Waals surface area contributed by atoms with Crippen molar-refractivity contribution >= 4 is 29.9 Å². The molecule has 1 heterocycles. The van der Waals surface area contributed by atoms with Gasteiger partial charge in [0.1, 0.15) is 5.82 Å². The molecule has 1 unspecified atom stereocenters. The van der Waals surface area contributed by atoms with Crippen molar-refractivity contribution in [3.63, 3.8) is 0 Å². The lowest BCUT2D eigenvalue weighted by Gasteiger charge is -2.18. The molecular weight excluding hydrogens is 444 g/mol. The van der Waals surface area contributed by atoms with E-state index in [2.05, 4.69) is 27.6 Å². The summed E-state index contributed by atoms with van der Waals surface area (Å²) in [5.41, 5.74) is 5.06. The predicted octanol–water partition coefficient (Wildman–Crippen LogP) is 3.57. The number of guanidine groups is 1. The number of benzene rings is 1. The Labute approximate surface area is 172 Å². The van der Waals surface area contributed by atoms with Gasteiger partial charge in [0.25, 0.3) is 0 Å². The normalized spacial score (nSPS) is 12.5. The summed E-state index contributed by atoms with van der Waals surface area (Å²) in [6, 6.07) is 5.27. The second kappa shape index (κ2) is 9.89. The van der Waals surface area contributed by atoms with E-state index < -0.39 is 0 Å². The Bertz CT molecular complexity index is 770. The fourth-order valence-corrected chi connectivity index (χ4v) is 2.85. The van der Waals surface area contributed by atoms with Crippen molar-refractivity contribution in [3.05, 3.63) is 52.1 Å². The van der Waals surface area contributed by atoms with E-state index in [0.29, 0.717) is 11.5 Å². The topological polar surface area (TPSA) is 54.2 Å². The molecule has 0 aliphatic heterocycles. The van der Waals surface area contributed by atoms with E-state index >= 15 is 0 Å². The first kappa shape index (κ1) is 22.4. The fraction of sp³-hybridized carbons (Fsp3) is 0.474. The maximum absolute atomic E-state index is 13.7. The summed E-state index contributed by atoms with van der Waals surface area (Å²) in [5.74, 6) is 0.518. The molecule has 144 valence electrons. The van der Waals surface area contributed by atoms with Gasteiger partial charge >= 0.3 is 0 Å². The number of rotatable bonds is 5.